The van der Waals surface area contributed by atoms with E-state index in [4.69, 9.17) is 10.5 Å². The number of carboxylic acid groups (broad SMARTS) is 1. The molecule has 9 nitrogen and oxygen atoms in total. The molecule has 0 spiro atoms. The van der Waals surface area contributed by atoms with Gasteiger partial charge in [0.15, 0.2) is 0 Å². The fourth-order valence-corrected chi connectivity index (χ4v) is 3.97. The number of nitrogens with zero attached hydrogens (tertiary/aromatic N) is 3. The van der Waals surface area contributed by atoms with Crippen molar-refractivity contribution in [3.05, 3.63) is 42.1 Å². The van der Waals surface area contributed by atoms with E-state index in [1.54, 1.807) is 29.1 Å². The van der Waals surface area contributed by atoms with Crippen LogP contribution in [-0.2, 0) is 14.3 Å². The molecule has 1 aliphatic rings. The van der Waals surface area contributed by atoms with Crippen LogP contribution in [0.3, 0.4) is 0 Å². The summed E-state index contributed by atoms with van der Waals surface area (Å²) < 4.78 is 7.90. The van der Waals surface area contributed by atoms with E-state index in [1.807, 2.05) is 26.0 Å². The largest absolute Gasteiger partial charge is 0.478 e. The smallest absolute Gasteiger partial charge is 0.331 e. The van der Waals surface area contributed by atoms with Crippen LogP contribution in [0.1, 0.15) is 46.1 Å². The zero-order valence-electron chi connectivity index (χ0n) is 18.0. The molecule has 1 amide bonds. The third-order valence-corrected chi connectivity index (χ3v) is 5.54. The molecule has 0 radical (unpaired) electrons. The molecule has 9 heteroatoms. The molecular formula is C22H29N5O4. The van der Waals surface area contributed by atoms with Crippen LogP contribution in [0.2, 0.25) is 0 Å². The summed E-state index contributed by atoms with van der Waals surface area (Å²) >= 11 is 0. The summed E-state index contributed by atoms with van der Waals surface area (Å²) in [4.78, 5) is 23.9. The summed E-state index contributed by atoms with van der Waals surface area (Å²) in [6.45, 7) is 5.46. The van der Waals surface area contributed by atoms with E-state index in [-0.39, 0.29) is 24.0 Å². The van der Waals surface area contributed by atoms with Crippen LogP contribution < -0.4 is 11.1 Å². The molecule has 3 atom stereocenters. The van der Waals surface area contributed by atoms with Crippen LogP contribution in [0, 0.1) is 0 Å². The van der Waals surface area contributed by atoms with Crippen LogP contribution in [0.25, 0.3) is 11.3 Å². The Morgan fingerprint density at radius 2 is 2.10 bits per heavy atom. The van der Waals surface area contributed by atoms with Gasteiger partial charge in [0.1, 0.15) is 0 Å². The number of benzene rings is 1. The van der Waals surface area contributed by atoms with Gasteiger partial charge in [0.2, 0.25) is 5.91 Å². The van der Waals surface area contributed by atoms with Gasteiger partial charge in [0.25, 0.3) is 0 Å². The molecular weight excluding hydrogens is 398 g/mol. The maximum absolute atomic E-state index is 12.0. The quantitative estimate of drug-likeness (QED) is 0.552. The Hall–Kier alpha value is -3.20. The van der Waals surface area contributed by atoms with Crippen LogP contribution >= 0.6 is 0 Å². The molecule has 0 bridgehead atoms. The topological polar surface area (TPSA) is 132 Å². The summed E-state index contributed by atoms with van der Waals surface area (Å²) in [7, 11) is 0. The molecule has 4 N–H and O–H groups in total. The first kappa shape index (κ1) is 22.5. The molecule has 0 saturated heterocycles. The van der Waals surface area contributed by atoms with Crippen molar-refractivity contribution >= 4 is 17.6 Å². The monoisotopic (exact) mass is 427 g/mol. The molecule has 1 heterocycles. The molecule has 0 unspecified atom stereocenters. The Morgan fingerprint density at radius 1 is 1.35 bits per heavy atom. The maximum atomic E-state index is 12.0. The van der Waals surface area contributed by atoms with Gasteiger partial charge in [-0.05, 0) is 31.1 Å². The molecule has 3 rings (SSSR count). The number of carbonyl (C=O) groups is 2. The first-order valence-corrected chi connectivity index (χ1v) is 10.5. The number of hydrogen-bond donors (Lipinski definition) is 3. The van der Waals surface area contributed by atoms with Gasteiger partial charge in [-0.2, -0.15) is 0 Å². The molecule has 1 aromatic carbocycles. The highest BCUT2D eigenvalue weighted by Gasteiger charge is 2.40. The highest BCUT2D eigenvalue weighted by atomic mass is 16.5. The van der Waals surface area contributed by atoms with E-state index in [0.717, 1.165) is 18.4 Å². The first-order valence-electron chi connectivity index (χ1n) is 10.5. The molecule has 1 aliphatic carbocycles. The number of amides is 1. The molecule has 1 aromatic heterocycles. The summed E-state index contributed by atoms with van der Waals surface area (Å²) in [6.07, 6.45) is 4.26. The van der Waals surface area contributed by atoms with Crippen molar-refractivity contribution in [3.8, 4) is 11.3 Å². The fourth-order valence-electron chi connectivity index (χ4n) is 3.97. The lowest BCUT2D eigenvalue weighted by Crippen LogP contribution is -2.52. The van der Waals surface area contributed by atoms with Crippen LogP contribution in [0.4, 0.5) is 5.69 Å². The predicted octanol–water partition coefficient (Wildman–Crippen LogP) is 2.56. The summed E-state index contributed by atoms with van der Waals surface area (Å²) in [5.41, 5.74) is 8.23. The van der Waals surface area contributed by atoms with Gasteiger partial charge in [0, 0.05) is 30.2 Å². The van der Waals surface area contributed by atoms with Gasteiger partial charge in [-0.25, -0.2) is 9.48 Å². The van der Waals surface area contributed by atoms with Crippen molar-refractivity contribution in [1.82, 2.24) is 20.3 Å². The molecule has 2 aromatic rings. The van der Waals surface area contributed by atoms with Crippen molar-refractivity contribution < 1.29 is 19.4 Å². The third kappa shape index (κ3) is 5.11. The summed E-state index contributed by atoms with van der Waals surface area (Å²) in [5.74, 6) is -1.25. The second-order valence-corrected chi connectivity index (χ2v) is 7.72. The lowest BCUT2D eigenvalue weighted by molar-refractivity contribution is -0.133. The minimum atomic E-state index is -1.02. The van der Waals surface area contributed by atoms with Gasteiger partial charge in [-0.1, -0.05) is 31.2 Å². The standard InChI is InChI=1S/C22H29N5O4/c1-4-17(5-2)31-20-11-15(22(29)30)10-18(21(20)25-13(3)28)27-19(12-24-26-27)14-7-6-8-16(23)9-14/h6-9,11-12,17-18,20-21H,4-5,10,23H2,1-3H3,(H,25,28)(H,29,30)/t18-,20+,21+/m0/s1. The van der Waals surface area contributed by atoms with Crippen molar-refractivity contribution in [2.24, 2.45) is 0 Å². The van der Waals surface area contributed by atoms with Crippen LogP contribution in [0.15, 0.2) is 42.1 Å². The van der Waals surface area contributed by atoms with Gasteiger partial charge >= 0.3 is 5.97 Å². The maximum Gasteiger partial charge on any atom is 0.331 e. The van der Waals surface area contributed by atoms with E-state index >= 15 is 0 Å². The Morgan fingerprint density at radius 3 is 2.71 bits per heavy atom. The van der Waals surface area contributed by atoms with Crippen molar-refractivity contribution in [2.75, 3.05) is 5.73 Å². The Balaban J connectivity index is 2.07. The average Bonchev–Trinajstić information content (AvgIpc) is 3.22. The zero-order chi connectivity index (χ0) is 22.5. The van der Waals surface area contributed by atoms with Gasteiger partial charge in [0.05, 0.1) is 36.2 Å². The first-order chi connectivity index (χ1) is 14.8. The highest BCUT2D eigenvalue weighted by Crippen LogP contribution is 2.34. The molecule has 166 valence electrons. The number of aliphatic carboxylic acids is 1. The predicted molar refractivity (Wildman–Crippen MR) is 116 cm³/mol. The Bertz CT molecular complexity index is 966. The van der Waals surface area contributed by atoms with E-state index < -0.39 is 24.2 Å². The number of nitrogens with one attached hydrogen (secondary N) is 1. The van der Waals surface area contributed by atoms with Gasteiger partial charge < -0.3 is 20.9 Å². The number of carboxylic acids is 1. The summed E-state index contributed by atoms with van der Waals surface area (Å²) in [6, 6.07) is 6.28. The number of hydrogen-bond acceptors (Lipinski definition) is 6. The zero-order valence-corrected chi connectivity index (χ0v) is 18.0. The number of nitrogens with two attached hydrogens (primary N) is 1. The Labute approximate surface area is 181 Å². The average molecular weight is 428 g/mol. The minimum absolute atomic E-state index is 0.0598. The van der Waals surface area contributed by atoms with Crippen molar-refractivity contribution in [2.45, 2.75) is 64.3 Å². The normalized spacial score (nSPS) is 21.0. The van der Waals surface area contributed by atoms with Gasteiger partial charge in [-0.15, -0.1) is 5.10 Å². The second kappa shape index (κ2) is 9.74. The summed E-state index contributed by atoms with van der Waals surface area (Å²) in [5, 5.41) is 21.0. The number of carbonyl (C=O) groups excluding carboxylic acids is 1. The van der Waals surface area contributed by atoms with E-state index in [0.29, 0.717) is 11.4 Å². The second-order valence-electron chi connectivity index (χ2n) is 7.72. The lowest BCUT2D eigenvalue weighted by Gasteiger charge is -2.38. The highest BCUT2D eigenvalue weighted by molar-refractivity contribution is 5.87. The number of nitrogen functional groups attached to an aromatic ring is 1. The van der Waals surface area contributed by atoms with Crippen LogP contribution in [-0.4, -0.2) is 50.2 Å². The van der Waals surface area contributed by atoms with Crippen LogP contribution in [0.5, 0.6) is 0 Å². The number of rotatable bonds is 8. The Kier molecular flexibility index (Phi) is 7.06. The van der Waals surface area contributed by atoms with E-state index in [1.165, 1.54) is 6.92 Å². The number of ether oxygens (including phenoxy) is 1. The molecule has 31 heavy (non-hydrogen) atoms. The molecule has 0 aliphatic heterocycles. The van der Waals surface area contributed by atoms with Gasteiger partial charge in [-0.3, -0.25) is 4.79 Å². The van der Waals surface area contributed by atoms with Crippen molar-refractivity contribution in [1.29, 1.82) is 0 Å². The minimum Gasteiger partial charge on any atom is -0.478 e. The number of anilines is 1. The van der Waals surface area contributed by atoms with E-state index in [2.05, 4.69) is 15.6 Å². The molecule has 0 fully saturated rings. The van der Waals surface area contributed by atoms with E-state index in [9.17, 15) is 14.7 Å². The SMILES string of the molecule is CCC(CC)O[C@@H]1C=C(C(=O)O)C[C@H](n2nncc2-c2cccc(N)c2)[C@H]1NC(C)=O. The van der Waals surface area contributed by atoms with Crippen molar-refractivity contribution in [3.63, 3.8) is 0 Å². The lowest BCUT2D eigenvalue weighted by atomic mass is 9.87. The fraction of sp³-hybridized carbons (Fsp3) is 0.455. The third-order valence-electron chi connectivity index (χ3n) is 5.54. The number of aromatic nitrogens is 3. The molecule has 0 saturated carbocycles.